The highest BCUT2D eigenvalue weighted by atomic mass is 16.6. The lowest BCUT2D eigenvalue weighted by molar-refractivity contribution is -0.149. The van der Waals surface area contributed by atoms with E-state index >= 15 is 0 Å². The van der Waals surface area contributed by atoms with E-state index in [9.17, 15) is 9.59 Å². The van der Waals surface area contributed by atoms with E-state index in [1.165, 1.54) is 6.07 Å². The molecule has 0 aliphatic rings. The molecule has 0 aliphatic heterocycles. The molecular formula is C16H18N2O6. The second-order valence-corrected chi connectivity index (χ2v) is 4.73. The Morgan fingerprint density at radius 3 is 2.54 bits per heavy atom. The van der Waals surface area contributed by atoms with Crippen LogP contribution in [0.5, 0.6) is 11.6 Å². The van der Waals surface area contributed by atoms with Crippen LogP contribution in [0.25, 0.3) is 0 Å². The van der Waals surface area contributed by atoms with Crippen molar-refractivity contribution in [2.45, 2.75) is 13.8 Å². The van der Waals surface area contributed by atoms with Gasteiger partial charge in [-0.25, -0.2) is 4.79 Å². The molecule has 1 aromatic heterocycles. The lowest BCUT2D eigenvalue weighted by atomic mass is 10.3. The number of esters is 1. The number of ether oxygens (including phenoxy) is 3. The highest BCUT2D eigenvalue weighted by Crippen LogP contribution is 2.15. The van der Waals surface area contributed by atoms with E-state index in [0.29, 0.717) is 23.8 Å². The van der Waals surface area contributed by atoms with Crippen LogP contribution in [0.15, 0.2) is 34.9 Å². The van der Waals surface area contributed by atoms with Crippen molar-refractivity contribution in [3.8, 4) is 11.6 Å². The molecule has 0 aliphatic carbocycles. The van der Waals surface area contributed by atoms with E-state index in [1.54, 1.807) is 31.2 Å². The van der Waals surface area contributed by atoms with Gasteiger partial charge in [0.2, 0.25) is 0 Å². The van der Waals surface area contributed by atoms with Crippen LogP contribution in [0.4, 0.5) is 5.69 Å². The Morgan fingerprint density at radius 2 is 1.92 bits per heavy atom. The van der Waals surface area contributed by atoms with Gasteiger partial charge in [0.15, 0.2) is 13.2 Å². The summed E-state index contributed by atoms with van der Waals surface area (Å²) in [5.74, 6) is 0.320. The summed E-state index contributed by atoms with van der Waals surface area (Å²) < 4.78 is 19.9. The number of aromatic nitrogens is 1. The fourth-order valence-corrected chi connectivity index (χ4v) is 1.73. The summed E-state index contributed by atoms with van der Waals surface area (Å²) in [5.41, 5.74) is 0.578. The fraction of sp³-hybridized carbons (Fsp3) is 0.312. The van der Waals surface area contributed by atoms with Crippen LogP contribution in [0.3, 0.4) is 0 Å². The number of nitrogens with zero attached hydrogens (tertiary/aromatic N) is 1. The van der Waals surface area contributed by atoms with Gasteiger partial charge >= 0.3 is 5.97 Å². The average molecular weight is 334 g/mol. The van der Waals surface area contributed by atoms with Crippen molar-refractivity contribution in [2.24, 2.45) is 0 Å². The van der Waals surface area contributed by atoms with Gasteiger partial charge in [0.25, 0.3) is 11.8 Å². The lowest BCUT2D eigenvalue weighted by Gasteiger charge is -2.08. The van der Waals surface area contributed by atoms with Gasteiger partial charge in [-0.1, -0.05) is 0 Å². The van der Waals surface area contributed by atoms with Crippen LogP contribution < -0.4 is 14.8 Å². The standard InChI is InChI=1S/C16H18N2O6/c1-3-21-13-6-4-12(5-7-13)17-14(19)9-23-16(20)10-22-15-8-11(2)24-18-15/h4-8H,3,9-10H2,1-2H3,(H,17,19). The molecule has 0 saturated carbocycles. The number of carbonyl (C=O) groups is 2. The first-order valence-corrected chi connectivity index (χ1v) is 7.31. The first-order chi connectivity index (χ1) is 11.6. The Bertz CT molecular complexity index is 680. The highest BCUT2D eigenvalue weighted by Gasteiger charge is 2.10. The Kier molecular flexibility index (Phi) is 6.18. The molecule has 2 aromatic rings. The lowest BCUT2D eigenvalue weighted by Crippen LogP contribution is -2.23. The molecule has 1 aromatic carbocycles. The molecule has 0 atom stereocenters. The summed E-state index contributed by atoms with van der Waals surface area (Å²) in [5, 5.41) is 6.17. The van der Waals surface area contributed by atoms with Crippen molar-refractivity contribution in [1.29, 1.82) is 0 Å². The minimum Gasteiger partial charge on any atom is -0.494 e. The number of rotatable bonds is 8. The van der Waals surface area contributed by atoms with E-state index in [4.69, 9.17) is 18.7 Å². The maximum Gasteiger partial charge on any atom is 0.344 e. The Hall–Kier alpha value is -3.03. The SMILES string of the molecule is CCOc1ccc(NC(=O)COC(=O)COc2cc(C)on2)cc1. The van der Waals surface area contributed by atoms with Gasteiger partial charge in [0, 0.05) is 11.8 Å². The Morgan fingerprint density at radius 1 is 1.17 bits per heavy atom. The van der Waals surface area contributed by atoms with Gasteiger partial charge in [-0.15, -0.1) is 0 Å². The summed E-state index contributed by atoms with van der Waals surface area (Å²) in [6.45, 7) is 3.38. The quantitative estimate of drug-likeness (QED) is 0.736. The van der Waals surface area contributed by atoms with Crippen LogP contribution in [0.1, 0.15) is 12.7 Å². The van der Waals surface area contributed by atoms with Gasteiger partial charge < -0.3 is 24.1 Å². The zero-order valence-corrected chi connectivity index (χ0v) is 13.4. The highest BCUT2D eigenvalue weighted by molar-refractivity contribution is 5.92. The van der Waals surface area contributed by atoms with E-state index < -0.39 is 18.5 Å². The molecule has 8 heteroatoms. The Balaban J connectivity index is 1.69. The van der Waals surface area contributed by atoms with Gasteiger partial charge in [-0.05, 0) is 43.3 Å². The molecule has 0 saturated heterocycles. The van der Waals surface area contributed by atoms with E-state index in [2.05, 4.69) is 10.5 Å². The molecule has 0 spiro atoms. The van der Waals surface area contributed by atoms with Crippen molar-refractivity contribution < 1.29 is 28.3 Å². The number of aryl methyl sites for hydroxylation is 1. The molecule has 1 amide bonds. The van der Waals surface area contributed by atoms with Crippen LogP contribution in [0.2, 0.25) is 0 Å². The van der Waals surface area contributed by atoms with Gasteiger partial charge in [-0.3, -0.25) is 4.79 Å². The zero-order chi connectivity index (χ0) is 17.4. The topological polar surface area (TPSA) is 99.9 Å². The average Bonchev–Trinajstić information content (AvgIpc) is 2.98. The molecule has 0 bridgehead atoms. The minimum atomic E-state index is -0.683. The molecule has 0 unspecified atom stereocenters. The smallest absolute Gasteiger partial charge is 0.344 e. The maximum atomic E-state index is 11.7. The number of carbonyl (C=O) groups excluding carboxylic acids is 2. The molecular weight excluding hydrogens is 316 g/mol. The summed E-state index contributed by atoms with van der Waals surface area (Å²) in [6, 6.07) is 8.39. The molecule has 1 heterocycles. The van der Waals surface area contributed by atoms with Crippen LogP contribution in [-0.2, 0) is 14.3 Å². The second-order valence-electron chi connectivity index (χ2n) is 4.73. The third-order valence-electron chi connectivity index (χ3n) is 2.76. The van der Waals surface area contributed by atoms with E-state index in [0.717, 1.165) is 0 Å². The largest absolute Gasteiger partial charge is 0.494 e. The van der Waals surface area contributed by atoms with Crippen molar-refractivity contribution in [3.05, 3.63) is 36.1 Å². The molecule has 0 fully saturated rings. The van der Waals surface area contributed by atoms with Crippen molar-refractivity contribution in [3.63, 3.8) is 0 Å². The van der Waals surface area contributed by atoms with Gasteiger partial charge in [-0.2, -0.15) is 0 Å². The van der Waals surface area contributed by atoms with Gasteiger partial charge in [0.1, 0.15) is 11.5 Å². The number of hydrogen-bond acceptors (Lipinski definition) is 7. The number of anilines is 1. The summed E-state index contributed by atoms with van der Waals surface area (Å²) >= 11 is 0. The van der Waals surface area contributed by atoms with Gasteiger partial charge in [0.05, 0.1) is 6.61 Å². The number of amides is 1. The first kappa shape index (κ1) is 17.3. The predicted octanol–water partition coefficient (Wildman–Crippen LogP) is 1.94. The first-order valence-electron chi connectivity index (χ1n) is 7.31. The molecule has 24 heavy (non-hydrogen) atoms. The monoisotopic (exact) mass is 334 g/mol. The van der Waals surface area contributed by atoms with Crippen LogP contribution in [-0.4, -0.2) is 36.9 Å². The van der Waals surface area contributed by atoms with Crippen molar-refractivity contribution in [1.82, 2.24) is 5.16 Å². The predicted molar refractivity (Wildman–Crippen MR) is 83.9 cm³/mol. The Labute approximate surface area is 138 Å². The number of nitrogens with one attached hydrogen (secondary N) is 1. The summed E-state index contributed by atoms with van der Waals surface area (Å²) in [7, 11) is 0. The third kappa shape index (κ3) is 5.64. The van der Waals surface area contributed by atoms with Crippen molar-refractivity contribution in [2.75, 3.05) is 25.1 Å². The van der Waals surface area contributed by atoms with E-state index in [1.807, 2.05) is 6.92 Å². The zero-order valence-electron chi connectivity index (χ0n) is 13.4. The minimum absolute atomic E-state index is 0.184. The molecule has 128 valence electrons. The van der Waals surface area contributed by atoms with Crippen LogP contribution >= 0.6 is 0 Å². The summed E-state index contributed by atoms with van der Waals surface area (Å²) in [6.07, 6.45) is 0. The normalized spacial score (nSPS) is 10.1. The fourth-order valence-electron chi connectivity index (χ4n) is 1.73. The summed E-state index contributed by atoms with van der Waals surface area (Å²) in [4.78, 5) is 23.2. The second kappa shape index (κ2) is 8.56. The van der Waals surface area contributed by atoms with Crippen molar-refractivity contribution >= 4 is 17.6 Å². The third-order valence-corrected chi connectivity index (χ3v) is 2.76. The maximum absolute atomic E-state index is 11.7. The van der Waals surface area contributed by atoms with Crippen LogP contribution in [0, 0.1) is 6.92 Å². The number of hydrogen-bond donors (Lipinski definition) is 1. The molecule has 1 N–H and O–H groups in total. The molecule has 0 radical (unpaired) electrons. The number of benzene rings is 1. The molecule has 2 rings (SSSR count). The molecule has 8 nitrogen and oxygen atoms in total. The van der Waals surface area contributed by atoms with E-state index in [-0.39, 0.29) is 12.5 Å².